The van der Waals surface area contributed by atoms with Gasteiger partial charge >= 0.3 is 0 Å². The fourth-order valence-corrected chi connectivity index (χ4v) is 4.89. The normalized spacial score (nSPS) is 16.7. The molecule has 1 atom stereocenters. The number of nitrogens with one attached hydrogen (secondary N) is 4. The number of amides is 1. The van der Waals surface area contributed by atoms with Gasteiger partial charge < -0.3 is 26.2 Å². The second-order valence-corrected chi connectivity index (χ2v) is 9.37. The molecule has 4 N–H and O–H groups in total. The van der Waals surface area contributed by atoms with Crippen molar-refractivity contribution >= 4 is 34.9 Å². The third-order valence-electron chi connectivity index (χ3n) is 6.95. The van der Waals surface area contributed by atoms with E-state index in [0.717, 1.165) is 56.8 Å². The molecule has 1 aliphatic carbocycles. The third kappa shape index (κ3) is 5.72. The van der Waals surface area contributed by atoms with Crippen LogP contribution in [-0.2, 0) is 6.42 Å². The Morgan fingerprint density at radius 2 is 1.95 bits per heavy atom. The number of fused-ring (bicyclic) bond motifs is 1. The number of anilines is 5. The predicted octanol–water partition coefficient (Wildman–Crippen LogP) is 4.12. The molecule has 9 nitrogen and oxygen atoms in total. The average molecular weight is 499 g/mol. The maximum Gasteiger partial charge on any atom is 0.256 e. The molecule has 1 aliphatic heterocycles. The molecule has 0 saturated carbocycles. The third-order valence-corrected chi connectivity index (χ3v) is 6.95. The summed E-state index contributed by atoms with van der Waals surface area (Å²) in [5.74, 6) is 1.66. The highest BCUT2D eigenvalue weighted by Crippen LogP contribution is 2.35. The van der Waals surface area contributed by atoms with Gasteiger partial charge in [0.2, 0.25) is 5.95 Å². The molecule has 5 rings (SSSR count). The zero-order valence-corrected chi connectivity index (χ0v) is 21.3. The number of piperazine rings is 1. The van der Waals surface area contributed by atoms with E-state index in [4.69, 9.17) is 4.98 Å². The van der Waals surface area contributed by atoms with Crippen LogP contribution in [0, 0.1) is 0 Å². The molecule has 0 radical (unpaired) electrons. The van der Waals surface area contributed by atoms with E-state index < -0.39 is 0 Å². The minimum atomic E-state index is -0.276. The Morgan fingerprint density at radius 3 is 2.70 bits per heavy atom. The number of carbonyl (C=O) groups excluding carboxylic acids is 1. The molecule has 0 bridgehead atoms. The molecule has 2 aliphatic rings. The number of pyridine rings is 1. The van der Waals surface area contributed by atoms with Crippen LogP contribution >= 0.6 is 0 Å². The van der Waals surface area contributed by atoms with Gasteiger partial charge in [0, 0.05) is 61.9 Å². The molecular formula is C28H34N8O. The molecule has 1 fully saturated rings. The van der Waals surface area contributed by atoms with Crippen molar-refractivity contribution in [2.45, 2.75) is 32.1 Å². The Balaban J connectivity index is 1.38. The second-order valence-electron chi connectivity index (χ2n) is 9.37. The van der Waals surface area contributed by atoms with Crippen molar-refractivity contribution in [1.82, 2.24) is 25.6 Å². The molecule has 1 unspecified atom stereocenters. The molecule has 0 spiro atoms. The highest BCUT2D eigenvalue weighted by atomic mass is 16.1. The van der Waals surface area contributed by atoms with E-state index in [-0.39, 0.29) is 5.91 Å². The lowest BCUT2D eigenvalue weighted by molar-refractivity contribution is 0.0958. The number of carbonyl (C=O) groups is 1. The molecule has 9 heteroatoms. The lowest BCUT2D eigenvalue weighted by Gasteiger charge is -2.29. The number of aromatic nitrogens is 3. The van der Waals surface area contributed by atoms with Gasteiger partial charge in [-0.3, -0.25) is 4.79 Å². The van der Waals surface area contributed by atoms with Gasteiger partial charge in [0.1, 0.15) is 17.2 Å². The van der Waals surface area contributed by atoms with Crippen LogP contribution in [0.25, 0.3) is 0 Å². The molecule has 1 amide bonds. The fraction of sp³-hybridized carbons (Fsp3) is 0.357. The first-order chi connectivity index (χ1) is 18.1. The summed E-state index contributed by atoms with van der Waals surface area (Å²) in [7, 11) is 0. The first-order valence-electron chi connectivity index (χ1n) is 13.0. The van der Waals surface area contributed by atoms with E-state index in [9.17, 15) is 4.79 Å². The van der Waals surface area contributed by atoms with E-state index in [0.29, 0.717) is 35.6 Å². The predicted molar refractivity (Wildman–Crippen MR) is 148 cm³/mol. The van der Waals surface area contributed by atoms with Gasteiger partial charge in [-0.25, -0.2) is 9.97 Å². The Labute approximate surface area is 217 Å². The second kappa shape index (κ2) is 11.4. The molecule has 1 aromatic carbocycles. The molecule has 37 heavy (non-hydrogen) atoms. The Kier molecular flexibility index (Phi) is 7.60. The maximum absolute atomic E-state index is 12.8. The van der Waals surface area contributed by atoms with Crippen LogP contribution in [0.1, 0.15) is 47.3 Å². The zero-order valence-electron chi connectivity index (χ0n) is 21.3. The summed E-state index contributed by atoms with van der Waals surface area (Å²) in [6.07, 6.45) is 6.43. The number of hydrogen-bond acceptors (Lipinski definition) is 8. The number of aryl methyl sites for hydroxylation is 1. The van der Waals surface area contributed by atoms with Gasteiger partial charge in [0.25, 0.3) is 5.91 Å². The first kappa shape index (κ1) is 24.7. The summed E-state index contributed by atoms with van der Waals surface area (Å²) in [5, 5.41) is 12.7. The minimum absolute atomic E-state index is 0.276. The van der Waals surface area contributed by atoms with Crippen molar-refractivity contribution in [1.29, 1.82) is 0 Å². The van der Waals surface area contributed by atoms with Crippen molar-refractivity contribution in [2.24, 2.45) is 0 Å². The number of benzene rings is 1. The average Bonchev–Trinajstić information content (AvgIpc) is 3.35. The van der Waals surface area contributed by atoms with E-state index in [1.165, 1.54) is 17.4 Å². The molecular weight excluding hydrogens is 464 g/mol. The van der Waals surface area contributed by atoms with Crippen molar-refractivity contribution in [3.8, 4) is 0 Å². The lowest BCUT2D eigenvalue weighted by Crippen LogP contribution is -2.43. The summed E-state index contributed by atoms with van der Waals surface area (Å²) >= 11 is 0. The number of rotatable bonds is 9. The topological polar surface area (TPSA) is 107 Å². The summed E-state index contributed by atoms with van der Waals surface area (Å²) in [6.45, 7) is 10.2. The standard InChI is InChI=1S/C28H34N8O/c1-3-13-30-27(37)23-18-31-28(32-21-8-10-22(11-9-21)36-16-14-29-15-17-36)35-26(23)34-24-12-7-20-6-5-19(4-2)25(20)33-24/h3,7-12,18-19,29H,1,4-6,13-17H2,2H3,(H,30,37)(H2,31,32,33,34,35). The smallest absolute Gasteiger partial charge is 0.256 e. The van der Waals surface area contributed by atoms with Gasteiger partial charge in [0.15, 0.2) is 0 Å². The van der Waals surface area contributed by atoms with Crippen molar-refractivity contribution in [2.75, 3.05) is 48.3 Å². The van der Waals surface area contributed by atoms with Crippen LogP contribution in [0.15, 0.2) is 55.3 Å². The van der Waals surface area contributed by atoms with Gasteiger partial charge in [-0.2, -0.15) is 4.98 Å². The largest absolute Gasteiger partial charge is 0.369 e. The number of hydrogen-bond donors (Lipinski definition) is 4. The fourth-order valence-electron chi connectivity index (χ4n) is 4.89. The van der Waals surface area contributed by atoms with Crippen LogP contribution in [0.5, 0.6) is 0 Å². The zero-order chi connectivity index (χ0) is 25.6. The monoisotopic (exact) mass is 498 g/mol. The summed E-state index contributed by atoms with van der Waals surface area (Å²) < 4.78 is 0. The van der Waals surface area contributed by atoms with Crippen LogP contribution < -0.4 is 26.2 Å². The Morgan fingerprint density at radius 1 is 1.14 bits per heavy atom. The van der Waals surface area contributed by atoms with Crippen LogP contribution in [0.2, 0.25) is 0 Å². The summed E-state index contributed by atoms with van der Waals surface area (Å²) in [5.41, 5.74) is 4.85. The molecule has 3 heterocycles. The van der Waals surface area contributed by atoms with E-state index in [1.54, 1.807) is 6.08 Å². The SMILES string of the molecule is C=CCNC(=O)c1cnc(Nc2ccc(N3CCNCC3)cc2)nc1Nc1ccc2c(n1)C(CC)CC2. The van der Waals surface area contributed by atoms with Crippen molar-refractivity contribution in [3.63, 3.8) is 0 Å². The molecule has 192 valence electrons. The van der Waals surface area contributed by atoms with Crippen molar-refractivity contribution in [3.05, 3.63) is 72.1 Å². The van der Waals surface area contributed by atoms with E-state index in [2.05, 4.69) is 67.8 Å². The highest BCUT2D eigenvalue weighted by molar-refractivity contribution is 5.99. The van der Waals surface area contributed by atoms with E-state index >= 15 is 0 Å². The van der Waals surface area contributed by atoms with Gasteiger partial charge in [0.05, 0.1) is 0 Å². The number of nitrogens with zero attached hydrogens (tertiary/aromatic N) is 4. The highest BCUT2D eigenvalue weighted by Gasteiger charge is 2.23. The van der Waals surface area contributed by atoms with E-state index in [1.807, 2.05) is 18.2 Å². The van der Waals surface area contributed by atoms with Crippen LogP contribution in [0.3, 0.4) is 0 Å². The molecule has 1 saturated heterocycles. The molecule has 2 aromatic heterocycles. The quantitative estimate of drug-likeness (QED) is 0.327. The van der Waals surface area contributed by atoms with Crippen LogP contribution in [-0.4, -0.2) is 53.6 Å². The summed E-state index contributed by atoms with van der Waals surface area (Å²) in [6, 6.07) is 12.3. The summed E-state index contributed by atoms with van der Waals surface area (Å²) in [4.78, 5) is 29.1. The van der Waals surface area contributed by atoms with Gasteiger partial charge in [-0.15, -0.1) is 6.58 Å². The maximum atomic E-state index is 12.8. The first-order valence-corrected chi connectivity index (χ1v) is 13.0. The van der Waals surface area contributed by atoms with Crippen molar-refractivity contribution < 1.29 is 4.79 Å². The minimum Gasteiger partial charge on any atom is -0.369 e. The Bertz CT molecular complexity index is 1250. The van der Waals surface area contributed by atoms with Gasteiger partial charge in [-0.05, 0) is 55.2 Å². The molecule has 3 aromatic rings. The lowest BCUT2D eigenvalue weighted by atomic mass is 10.0. The van der Waals surface area contributed by atoms with Gasteiger partial charge in [-0.1, -0.05) is 19.1 Å². The van der Waals surface area contributed by atoms with Crippen LogP contribution in [0.4, 0.5) is 29.0 Å². The Hall–Kier alpha value is -3.98.